The van der Waals surface area contributed by atoms with E-state index in [9.17, 15) is 0 Å². The molecule has 0 fully saturated rings. The predicted octanol–water partition coefficient (Wildman–Crippen LogP) is 3.04. The molecule has 0 saturated carbocycles. The maximum atomic E-state index is 5.59. The van der Waals surface area contributed by atoms with Gasteiger partial charge in [0.2, 0.25) is 0 Å². The molecule has 1 rings (SSSR count). The third-order valence-electron chi connectivity index (χ3n) is 2.83. The third kappa shape index (κ3) is 6.22. The van der Waals surface area contributed by atoms with Crippen LogP contribution in [0.4, 0.5) is 0 Å². The summed E-state index contributed by atoms with van der Waals surface area (Å²) in [6.07, 6.45) is 0. The summed E-state index contributed by atoms with van der Waals surface area (Å²) in [5.74, 6) is 2.66. The van der Waals surface area contributed by atoms with Gasteiger partial charge in [-0.2, -0.15) is 0 Å². The van der Waals surface area contributed by atoms with Gasteiger partial charge in [-0.1, -0.05) is 6.92 Å². The highest BCUT2D eigenvalue weighted by Crippen LogP contribution is 2.10. The van der Waals surface area contributed by atoms with Gasteiger partial charge in [0.25, 0.3) is 0 Å². The number of nitrogens with zero attached hydrogens (tertiary/aromatic N) is 1. The molecule has 1 N–H and O–H groups in total. The second-order valence-corrected chi connectivity index (χ2v) is 6.45. The Balaban J connectivity index is 2.29. The lowest BCUT2D eigenvalue weighted by Gasteiger charge is -2.26. The smallest absolute Gasteiger partial charge is 0.118 e. The number of aryl methyl sites for hydroxylation is 1. The van der Waals surface area contributed by atoms with E-state index in [1.807, 2.05) is 13.0 Å². The molecule has 0 aliphatic rings. The number of rotatable bonds is 6. The van der Waals surface area contributed by atoms with Crippen molar-refractivity contribution in [2.45, 2.75) is 46.7 Å². The van der Waals surface area contributed by atoms with E-state index in [0.29, 0.717) is 5.92 Å². The third-order valence-corrected chi connectivity index (χ3v) is 2.83. The lowest BCUT2D eigenvalue weighted by atomic mass is 10.1. The average Bonchev–Trinajstić information content (AvgIpc) is 2.59. The molecule has 3 nitrogen and oxygen atoms in total. The van der Waals surface area contributed by atoms with Gasteiger partial charge in [-0.15, -0.1) is 0 Å². The summed E-state index contributed by atoms with van der Waals surface area (Å²) in [5.41, 5.74) is 0.199. The largest absolute Gasteiger partial charge is 0.465 e. The Morgan fingerprint density at radius 1 is 1.33 bits per heavy atom. The van der Waals surface area contributed by atoms with E-state index in [1.54, 1.807) is 0 Å². The van der Waals surface area contributed by atoms with Gasteiger partial charge in [0.15, 0.2) is 0 Å². The van der Waals surface area contributed by atoms with E-state index in [-0.39, 0.29) is 5.54 Å². The maximum Gasteiger partial charge on any atom is 0.118 e. The topological polar surface area (TPSA) is 28.4 Å². The Bertz CT molecular complexity index is 352. The van der Waals surface area contributed by atoms with Crippen LogP contribution in [0.25, 0.3) is 0 Å². The van der Waals surface area contributed by atoms with Crippen LogP contribution >= 0.6 is 0 Å². The Morgan fingerprint density at radius 3 is 2.50 bits per heavy atom. The van der Waals surface area contributed by atoms with Crippen molar-refractivity contribution >= 4 is 0 Å². The van der Waals surface area contributed by atoms with Gasteiger partial charge in [-0.3, -0.25) is 4.90 Å². The Hall–Kier alpha value is -0.800. The van der Waals surface area contributed by atoms with Gasteiger partial charge in [0.05, 0.1) is 6.54 Å². The van der Waals surface area contributed by atoms with Crippen LogP contribution in [0.5, 0.6) is 0 Å². The van der Waals surface area contributed by atoms with E-state index in [0.717, 1.165) is 31.2 Å². The lowest BCUT2D eigenvalue weighted by molar-refractivity contribution is 0.244. The molecule has 1 heterocycles. The molecule has 1 atom stereocenters. The first-order valence-electron chi connectivity index (χ1n) is 6.75. The van der Waals surface area contributed by atoms with Crippen molar-refractivity contribution in [3.8, 4) is 0 Å². The summed E-state index contributed by atoms with van der Waals surface area (Å²) < 4.78 is 5.59. The summed E-state index contributed by atoms with van der Waals surface area (Å²) >= 11 is 0. The van der Waals surface area contributed by atoms with Crippen LogP contribution in [0.2, 0.25) is 0 Å². The van der Waals surface area contributed by atoms with Crippen LogP contribution < -0.4 is 5.32 Å². The summed E-state index contributed by atoms with van der Waals surface area (Å²) in [4.78, 5) is 2.31. The molecule has 0 spiro atoms. The summed E-state index contributed by atoms with van der Waals surface area (Å²) in [5, 5.41) is 3.54. The first-order chi connectivity index (χ1) is 8.26. The second-order valence-electron chi connectivity index (χ2n) is 6.45. The van der Waals surface area contributed by atoms with Crippen molar-refractivity contribution in [3.05, 3.63) is 23.7 Å². The molecular weight excluding hydrogens is 224 g/mol. The van der Waals surface area contributed by atoms with E-state index < -0.39 is 0 Å². The van der Waals surface area contributed by atoms with Crippen LogP contribution in [0.1, 0.15) is 39.2 Å². The highest BCUT2D eigenvalue weighted by atomic mass is 16.3. The number of hydrogen-bond acceptors (Lipinski definition) is 3. The first kappa shape index (κ1) is 15.3. The number of hydrogen-bond donors (Lipinski definition) is 1. The van der Waals surface area contributed by atoms with Gasteiger partial charge in [-0.05, 0) is 59.3 Å². The van der Waals surface area contributed by atoms with Crippen molar-refractivity contribution < 1.29 is 4.42 Å². The fraction of sp³-hybridized carbons (Fsp3) is 0.733. The van der Waals surface area contributed by atoms with E-state index in [4.69, 9.17) is 4.42 Å². The minimum atomic E-state index is 0.199. The molecule has 3 heteroatoms. The van der Waals surface area contributed by atoms with Gasteiger partial charge in [0, 0.05) is 12.1 Å². The minimum Gasteiger partial charge on any atom is -0.465 e. The second kappa shape index (κ2) is 6.39. The molecule has 0 bridgehead atoms. The summed E-state index contributed by atoms with van der Waals surface area (Å²) in [6, 6.07) is 4.08. The monoisotopic (exact) mass is 252 g/mol. The molecule has 0 amide bonds. The van der Waals surface area contributed by atoms with Crippen molar-refractivity contribution in [2.24, 2.45) is 5.92 Å². The zero-order chi connectivity index (χ0) is 13.8. The molecule has 0 aromatic carbocycles. The predicted molar refractivity (Wildman–Crippen MR) is 76.7 cm³/mol. The Kier molecular flexibility index (Phi) is 5.42. The molecule has 1 unspecified atom stereocenters. The first-order valence-corrected chi connectivity index (χ1v) is 6.75. The number of nitrogens with one attached hydrogen (secondary N) is 1. The van der Waals surface area contributed by atoms with Gasteiger partial charge < -0.3 is 9.73 Å². The van der Waals surface area contributed by atoms with Crippen LogP contribution in [0.3, 0.4) is 0 Å². The highest BCUT2D eigenvalue weighted by molar-refractivity contribution is 5.05. The SMILES string of the molecule is Cc1ccc(CN(C)CC(C)CNC(C)(C)C)o1. The van der Waals surface area contributed by atoms with Crippen LogP contribution in [0, 0.1) is 12.8 Å². The van der Waals surface area contributed by atoms with Crippen molar-refractivity contribution in [1.29, 1.82) is 0 Å². The van der Waals surface area contributed by atoms with Gasteiger partial charge in [0.1, 0.15) is 11.5 Å². The number of furan rings is 1. The van der Waals surface area contributed by atoms with E-state index >= 15 is 0 Å². The normalized spacial score (nSPS) is 14.2. The van der Waals surface area contributed by atoms with E-state index in [2.05, 4.69) is 51.0 Å². The molecule has 0 saturated heterocycles. The lowest BCUT2D eigenvalue weighted by Crippen LogP contribution is -2.40. The zero-order valence-corrected chi connectivity index (χ0v) is 12.7. The molecule has 0 aliphatic carbocycles. The molecular formula is C15H28N2O. The molecule has 104 valence electrons. The molecule has 0 aliphatic heterocycles. The van der Waals surface area contributed by atoms with Crippen LogP contribution in [-0.4, -0.2) is 30.6 Å². The summed E-state index contributed by atoms with van der Waals surface area (Å²) in [7, 11) is 2.14. The minimum absolute atomic E-state index is 0.199. The molecule has 1 aromatic heterocycles. The van der Waals surface area contributed by atoms with Gasteiger partial charge in [-0.25, -0.2) is 0 Å². The van der Waals surface area contributed by atoms with Crippen molar-refractivity contribution in [3.63, 3.8) is 0 Å². The quantitative estimate of drug-likeness (QED) is 0.843. The Labute approximate surface area is 112 Å². The molecule has 18 heavy (non-hydrogen) atoms. The van der Waals surface area contributed by atoms with Crippen LogP contribution in [0.15, 0.2) is 16.5 Å². The maximum absolute atomic E-state index is 5.59. The van der Waals surface area contributed by atoms with Gasteiger partial charge >= 0.3 is 0 Å². The van der Waals surface area contributed by atoms with Crippen molar-refractivity contribution in [2.75, 3.05) is 20.1 Å². The van der Waals surface area contributed by atoms with Crippen LogP contribution in [-0.2, 0) is 6.54 Å². The zero-order valence-electron chi connectivity index (χ0n) is 12.7. The molecule has 0 radical (unpaired) electrons. The fourth-order valence-electron chi connectivity index (χ4n) is 1.98. The fourth-order valence-corrected chi connectivity index (χ4v) is 1.98. The Morgan fingerprint density at radius 2 is 2.00 bits per heavy atom. The molecule has 1 aromatic rings. The van der Waals surface area contributed by atoms with E-state index in [1.165, 1.54) is 0 Å². The highest BCUT2D eigenvalue weighted by Gasteiger charge is 2.13. The average molecular weight is 252 g/mol. The van der Waals surface area contributed by atoms with Crippen molar-refractivity contribution in [1.82, 2.24) is 10.2 Å². The standard InChI is InChI=1S/C15H28N2O/c1-12(9-16-15(3,4)5)10-17(6)11-14-8-7-13(2)18-14/h7-8,12,16H,9-11H2,1-6H3. The summed E-state index contributed by atoms with van der Waals surface area (Å²) in [6.45, 7) is 13.9.